The van der Waals surface area contributed by atoms with Crippen molar-refractivity contribution >= 4 is 22.5 Å². The highest BCUT2D eigenvalue weighted by atomic mass is 35.5. The maximum absolute atomic E-state index is 6.54. The molecule has 3 nitrogen and oxygen atoms in total. The molecular weight excluding hydrogens is 332 g/mol. The first-order chi connectivity index (χ1) is 12.0. The van der Waals surface area contributed by atoms with Gasteiger partial charge in [-0.05, 0) is 31.2 Å². The summed E-state index contributed by atoms with van der Waals surface area (Å²) >= 11 is 6.45. The fraction of sp³-hybridized carbons (Fsp3) is 0.333. The second-order valence-electron chi connectivity index (χ2n) is 7.50. The molecule has 128 valence electrons. The lowest BCUT2D eigenvalue weighted by Gasteiger charge is -2.37. The van der Waals surface area contributed by atoms with E-state index in [1.54, 1.807) is 0 Å². The quantitative estimate of drug-likeness (QED) is 0.637. The molecule has 0 fully saturated rings. The Morgan fingerprint density at radius 1 is 1.16 bits per heavy atom. The summed E-state index contributed by atoms with van der Waals surface area (Å²) in [7, 11) is 2.18. The Morgan fingerprint density at radius 3 is 2.76 bits per heavy atom. The maximum Gasteiger partial charge on any atom is 0.149 e. The fourth-order valence-corrected chi connectivity index (χ4v) is 4.62. The number of nitrogens with zero attached hydrogens (tertiary/aromatic N) is 2. The average Bonchev–Trinajstić information content (AvgIpc) is 2.89. The van der Waals surface area contributed by atoms with Crippen molar-refractivity contribution in [1.29, 1.82) is 0 Å². The van der Waals surface area contributed by atoms with Gasteiger partial charge in [-0.3, -0.25) is 0 Å². The second kappa shape index (κ2) is 5.26. The zero-order valence-electron chi connectivity index (χ0n) is 14.6. The molecule has 3 heterocycles. The predicted octanol–water partition coefficient (Wildman–Crippen LogP) is 4.59. The van der Waals surface area contributed by atoms with Crippen LogP contribution in [0.5, 0.6) is 5.75 Å². The lowest BCUT2D eigenvalue weighted by atomic mass is 9.94. The van der Waals surface area contributed by atoms with Crippen molar-refractivity contribution in [3.63, 3.8) is 0 Å². The Labute approximate surface area is 152 Å². The summed E-state index contributed by atoms with van der Waals surface area (Å²) in [4.78, 5) is 2.38. The van der Waals surface area contributed by atoms with Gasteiger partial charge in [-0.15, -0.1) is 0 Å². The number of aromatic nitrogens is 1. The summed E-state index contributed by atoms with van der Waals surface area (Å²) < 4.78 is 9.03. The van der Waals surface area contributed by atoms with Crippen molar-refractivity contribution in [2.24, 2.45) is 0 Å². The Kier molecular flexibility index (Phi) is 3.22. The molecule has 2 aromatic carbocycles. The van der Waals surface area contributed by atoms with Crippen LogP contribution < -0.4 is 4.74 Å². The van der Waals surface area contributed by atoms with E-state index in [4.69, 9.17) is 16.3 Å². The summed E-state index contributed by atoms with van der Waals surface area (Å²) in [5.41, 5.74) is 4.87. The van der Waals surface area contributed by atoms with Crippen LogP contribution in [-0.2, 0) is 25.1 Å². The number of likely N-dealkylation sites (N-methyl/N-ethyl adjacent to an activating group) is 1. The monoisotopic (exact) mass is 352 g/mol. The normalized spacial score (nSPS) is 22.7. The van der Waals surface area contributed by atoms with E-state index >= 15 is 0 Å². The number of fused-ring (bicyclic) bond motifs is 3. The van der Waals surface area contributed by atoms with E-state index in [0.717, 1.165) is 36.8 Å². The topological polar surface area (TPSA) is 17.4 Å². The number of rotatable bonds is 1. The van der Waals surface area contributed by atoms with Crippen LogP contribution in [0.25, 0.3) is 10.9 Å². The zero-order valence-corrected chi connectivity index (χ0v) is 15.3. The number of halogens is 1. The number of hydrogen-bond acceptors (Lipinski definition) is 2. The van der Waals surface area contributed by atoms with Gasteiger partial charge in [0.1, 0.15) is 11.4 Å². The minimum Gasteiger partial charge on any atom is -0.479 e. The van der Waals surface area contributed by atoms with E-state index in [1.807, 2.05) is 12.1 Å². The first-order valence-corrected chi connectivity index (χ1v) is 9.19. The molecule has 0 aliphatic carbocycles. The van der Waals surface area contributed by atoms with Gasteiger partial charge in [0.25, 0.3) is 0 Å². The van der Waals surface area contributed by atoms with Crippen molar-refractivity contribution in [2.45, 2.75) is 32.0 Å². The van der Waals surface area contributed by atoms with Crippen LogP contribution >= 0.6 is 11.6 Å². The second-order valence-corrected chi connectivity index (χ2v) is 7.93. The van der Waals surface area contributed by atoms with Gasteiger partial charge in [-0.2, -0.15) is 0 Å². The van der Waals surface area contributed by atoms with Gasteiger partial charge in [-0.1, -0.05) is 41.9 Å². The minimum atomic E-state index is -0.387. The molecular formula is C21H21ClN2O. The first-order valence-electron chi connectivity index (χ1n) is 8.82. The maximum atomic E-state index is 6.54. The van der Waals surface area contributed by atoms with E-state index in [1.165, 1.54) is 27.7 Å². The van der Waals surface area contributed by atoms with E-state index in [0.29, 0.717) is 0 Å². The molecule has 1 unspecified atom stereocenters. The van der Waals surface area contributed by atoms with Crippen LogP contribution in [0.15, 0.2) is 42.5 Å². The lowest BCUT2D eigenvalue weighted by molar-refractivity contribution is 0.0580. The molecule has 0 bridgehead atoms. The van der Waals surface area contributed by atoms with E-state index in [9.17, 15) is 0 Å². The Morgan fingerprint density at radius 2 is 1.96 bits per heavy atom. The molecule has 0 spiro atoms. The Balaban J connectivity index is 1.76. The summed E-state index contributed by atoms with van der Waals surface area (Å²) in [6, 6.07) is 14.6. The van der Waals surface area contributed by atoms with Gasteiger partial charge in [0, 0.05) is 41.7 Å². The van der Waals surface area contributed by atoms with Gasteiger partial charge in [0.15, 0.2) is 0 Å². The third kappa shape index (κ3) is 2.22. The highest BCUT2D eigenvalue weighted by Crippen LogP contribution is 2.45. The van der Waals surface area contributed by atoms with E-state index < -0.39 is 0 Å². The molecule has 5 rings (SSSR count). The largest absolute Gasteiger partial charge is 0.479 e. The van der Waals surface area contributed by atoms with E-state index in [-0.39, 0.29) is 5.60 Å². The molecule has 0 saturated carbocycles. The third-order valence-electron chi connectivity index (χ3n) is 5.65. The summed E-state index contributed by atoms with van der Waals surface area (Å²) in [5, 5.41) is 1.99. The zero-order chi connectivity index (χ0) is 17.2. The van der Waals surface area contributed by atoms with Gasteiger partial charge < -0.3 is 14.2 Å². The van der Waals surface area contributed by atoms with Crippen molar-refractivity contribution in [3.8, 4) is 5.75 Å². The van der Waals surface area contributed by atoms with Gasteiger partial charge in [0.2, 0.25) is 0 Å². The molecule has 25 heavy (non-hydrogen) atoms. The number of ether oxygens (including phenoxy) is 1. The molecule has 2 aliphatic heterocycles. The Hall–Kier alpha value is -1.97. The third-order valence-corrected chi connectivity index (χ3v) is 5.86. The standard InChI is InChI=1S/C21H21ClN2O/c1-21(14-6-4-3-5-7-14)13-24-18-8-9-23(2)12-17(18)16-10-15(22)11-19(25-21)20(16)24/h3-7,10-11H,8-9,12-13H2,1-2H3. The van der Waals surface area contributed by atoms with Crippen LogP contribution in [0, 0.1) is 0 Å². The molecule has 1 atom stereocenters. The summed E-state index contributed by atoms with van der Waals surface area (Å²) in [6.07, 6.45) is 1.07. The minimum absolute atomic E-state index is 0.387. The summed E-state index contributed by atoms with van der Waals surface area (Å²) in [6.45, 7) is 5.08. The van der Waals surface area contributed by atoms with Gasteiger partial charge in [0.05, 0.1) is 12.1 Å². The highest BCUT2D eigenvalue weighted by molar-refractivity contribution is 6.31. The number of benzene rings is 2. The lowest BCUT2D eigenvalue weighted by Crippen LogP contribution is -2.38. The fourth-order valence-electron chi connectivity index (χ4n) is 4.41. The van der Waals surface area contributed by atoms with Crippen LogP contribution in [-0.4, -0.2) is 23.1 Å². The predicted molar refractivity (Wildman–Crippen MR) is 101 cm³/mol. The molecule has 2 aliphatic rings. The smallest absolute Gasteiger partial charge is 0.149 e. The van der Waals surface area contributed by atoms with Crippen molar-refractivity contribution in [3.05, 3.63) is 64.3 Å². The molecule has 0 amide bonds. The molecule has 0 radical (unpaired) electrons. The highest BCUT2D eigenvalue weighted by Gasteiger charge is 2.38. The van der Waals surface area contributed by atoms with Crippen molar-refractivity contribution in [2.75, 3.05) is 13.6 Å². The molecule has 4 heteroatoms. The van der Waals surface area contributed by atoms with Crippen LogP contribution in [0.3, 0.4) is 0 Å². The van der Waals surface area contributed by atoms with Crippen LogP contribution in [0.4, 0.5) is 0 Å². The number of hydrogen-bond donors (Lipinski definition) is 0. The van der Waals surface area contributed by atoms with Crippen molar-refractivity contribution in [1.82, 2.24) is 9.47 Å². The van der Waals surface area contributed by atoms with Crippen molar-refractivity contribution < 1.29 is 4.74 Å². The first kappa shape index (κ1) is 15.3. The van der Waals surface area contributed by atoms with Gasteiger partial charge >= 0.3 is 0 Å². The van der Waals surface area contributed by atoms with Crippen LogP contribution in [0.2, 0.25) is 5.02 Å². The Bertz CT molecular complexity index is 979. The average molecular weight is 353 g/mol. The molecule has 3 aromatic rings. The van der Waals surface area contributed by atoms with Gasteiger partial charge in [-0.25, -0.2) is 0 Å². The molecule has 1 aromatic heterocycles. The van der Waals surface area contributed by atoms with Crippen LogP contribution in [0.1, 0.15) is 23.7 Å². The SMILES string of the molecule is CN1CCc2c(c3cc(Cl)cc4c3n2CC(C)(c2ccccc2)O4)C1. The summed E-state index contributed by atoms with van der Waals surface area (Å²) in [5.74, 6) is 0.900. The molecule has 0 saturated heterocycles. The van der Waals surface area contributed by atoms with E-state index in [2.05, 4.69) is 53.8 Å². The molecule has 0 N–H and O–H groups in total.